The predicted molar refractivity (Wildman–Crippen MR) is 65.2 cm³/mol. The second kappa shape index (κ2) is 5.34. The molecule has 0 unspecified atom stereocenters. The SMILES string of the molecule is C=Cc1c(NC)ncnc1N(C)CCC. The van der Waals surface area contributed by atoms with Crippen LogP contribution in [-0.2, 0) is 0 Å². The molecule has 0 aliphatic heterocycles. The van der Waals surface area contributed by atoms with Crippen molar-refractivity contribution in [2.45, 2.75) is 13.3 Å². The highest BCUT2D eigenvalue weighted by atomic mass is 15.2. The molecular formula is C11H18N4. The third kappa shape index (κ3) is 2.46. The molecule has 4 nitrogen and oxygen atoms in total. The Morgan fingerprint density at radius 1 is 1.53 bits per heavy atom. The highest BCUT2D eigenvalue weighted by molar-refractivity contribution is 5.72. The van der Waals surface area contributed by atoms with Gasteiger partial charge in [-0.25, -0.2) is 9.97 Å². The molecule has 1 N–H and O–H groups in total. The maximum atomic E-state index is 4.28. The minimum atomic E-state index is 0.818. The Kier molecular flexibility index (Phi) is 4.09. The Morgan fingerprint density at radius 3 is 2.80 bits per heavy atom. The van der Waals surface area contributed by atoms with E-state index in [2.05, 4.69) is 33.7 Å². The van der Waals surface area contributed by atoms with Crippen LogP contribution in [0.5, 0.6) is 0 Å². The summed E-state index contributed by atoms with van der Waals surface area (Å²) in [4.78, 5) is 10.5. The second-order valence-electron chi connectivity index (χ2n) is 3.34. The van der Waals surface area contributed by atoms with Crippen molar-refractivity contribution in [2.75, 3.05) is 30.9 Å². The molecule has 0 saturated carbocycles. The zero-order valence-electron chi connectivity index (χ0n) is 9.62. The summed E-state index contributed by atoms with van der Waals surface area (Å²) in [5.74, 6) is 1.74. The van der Waals surface area contributed by atoms with Gasteiger partial charge in [-0.15, -0.1) is 0 Å². The first-order chi connectivity index (χ1) is 7.24. The van der Waals surface area contributed by atoms with Crippen molar-refractivity contribution in [1.29, 1.82) is 0 Å². The van der Waals surface area contributed by atoms with Gasteiger partial charge in [-0.3, -0.25) is 0 Å². The zero-order chi connectivity index (χ0) is 11.3. The number of rotatable bonds is 5. The number of hydrogen-bond donors (Lipinski definition) is 1. The fraction of sp³-hybridized carbons (Fsp3) is 0.455. The number of anilines is 2. The van der Waals surface area contributed by atoms with E-state index in [1.165, 1.54) is 0 Å². The molecule has 4 heteroatoms. The van der Waals surface area contributed by atoms with Gasteiger partial charge in [0.1, 0.15) is 18.0 Å². The van der Waals surface area contributed by atoms with Crippen LogP contribution in [0.3, 0.4) is 0 Å². The molecule has 0 aliphatic carbocycles. The maximum Gasteiger partial charge on any atom is 0.141 e. The Morgan fingerprint density at radius 2 is 2.27 bits per heavy atom. The average Bonchev–Trinajstić information content (AvgIpc) is 2.28. The van der Waals surface area contributed by atoms with Gasteiger partial charge in [0, 0.05) is 20.6 Å². The van der Waals surface area contributed by atoms with Crippen molar-refractivity contribution in [3.63, 3.8) is 0 Å². The highest BCUT2D eigenvalue weighted by Crippen LogP contribution is 2.23. The summed E-state index contributed by atoms with van der Waals surface area (Å²) in [5, 5.41) is 3.03. The van der Waals surface area contributed by atoms with Gasteiger partial charge in [-0.05, 0) is 6.42 Å². The summed E-state index contributed by atoms with van der Waals surface area (Å²) in [5.41, 5.74) is 0.955. The fourth-order valence-electron chi connectivity index (χ4n) is 1.52. The first kappa shape index (κ1) is 11.5. The molecule has 1 aromatic heterocycles. The summed E-state index contributed by atoms with van der Waals surface area (Å²) in [6.45, 7) is 6.91. The number of nitrogens with one attached hydrogen (secondary N) is 1. The Balaban J connectivity index is 3.10. The number of aromatic nitrogens is 2. The highest BCUT2D eigenvalue weighted by Gasteiger charge is 2.10. The average molecular weight is 206 g/mol. The monoisotopic (exact) mass is 206 g/mol. The van der Waals surface area contributed by atoms with Gasteiger partial charge in [0.15, 0.2) is 0 Å². The van der Waals surface area contributed by atoms with Gasteiger partial charge in [-0.1, -0.05) is 19.6 Å². The van der Waals surface area contributed by atoms with Gasteiger partial charge < -0.3 is 10.2 Å². The van der Waals surface area contributed by atoms with Gasteiger partial charge in [0.25, 0.3) is 0 Å². The molecule has 1 rings (SSSR count). The molecule has 0 saturated heterocycles. The van der Waals surface area contributed by atoms with Crippen molar-refractivity contribution in [3.05, 3.63) is 18.5 Å². The largest absolute Gasteiger partial charge is 0.372 e. The lowest BCUT2D eigenvalue weighted by Crippen LogP contribution is -2.20. The predicted octanol–water partition coefficient (Wildman–Crippen LogP) is 2.01. The quantitative estimate of drug-likeness (QED) is 0.800. The summed E-state index contributed by atoms with van der Waals surface area (Å²) in [6, 6.07) is 0. The van der Waals surface area contributed by atoms with Crippen LogP contribution in [0.1, 0.15) is 18.9 Å². The van der Waals surface area contributed by atoms with E-state index < -0.39 is 0 Å². The van der Waals surface area contributed by atoms with Crippen LogP contribution in [-0.4, -0.2) is 30.6 Å². The van der Waals surface area contributed by atoms with E-state index in [0.717, 1.165) is 30.2 Å². The lowest BCUT2D eigenvalue weighted by molar-refractivity contribution is 0.833. The summed E-state index contributed by atoms with van der Waals surface area (Å²) in [6.07, 6.45) is 4.44. The smallest absolute Gasteiger partial charge is 0.141 e. The maximum absolute atomic E-state index is 4.28. The summed E-state index contributed by atoms with van der Waals surface area (Å²) < 4.78 is 0. The normalized spacial score (nSPS) is 9.80. The molecule has 82 valence electrons. The van der Waals surface area contributed by atoms with Gasteiger partial charge >= 0.3 is 0 Å². The van der Waals surface area contributed by atoms with Crippen LogP contribution in [0.4, 0.5) is 11.6 Å². The van der Waals surface area contributed by atoms with E-state index in [1.54, 1.807) is 12.4 Å². The number of nitrogens with zero attached hydrogens (tertiary/aromatic N) is 3. The molecule has 0 fully saturated rings. The Hall–Kier alpha value is -1.58. The van der Waals surface area contributed by atoms with Crippen LogP contribution >= 0.6 is 0 Å². The molecule has 0 spiro atoms. The third-order valence-corrected chi connectivity index (χ3v) is 2.22. The lowest BCUT2D eigenvalue weighted by Gasteiger charge is -2.20. The molecule has 15 heavy (non-hydrogen) atoms. The van der Waals surface area contributed by atoms with Crippen LogP contribution in [0.25, 0.3) is 6.08 Å². The second-order valence-corrected chi connectivity index (χ2v) is 3.34. The molecule has 0 aromatic carbocycles. The minimum absolute atomic E-state index is 0.818. The molecule has 0 radical (unpaired) electrons. The van der Waals surface area contributed by atoms with Crippen LogP contribution < -0.4 is 10.2 Å². The summed E-state index contributed by atoms with van der Waals surface area (Å²) in [7, 11) is 3.87. The van der Waals surface area contributed by atoms with Gasteiger partial charge in [0.05, 0.1) is 5.56 Å². The van der Waals surface area contributed by atoms with Crippen molar-refractivity contribution in [2.24, 2.45) is 0 Å². The molecule has 1 heterocycles. The van der Waals surface area contributed by atoms with Gasteiger partial charge in [-0.2, -0.15) is 0 Å². The van der Waals surface area contributed by atoms with Crippen LogP contribution in [0.15, 0.2) is 12.9 Å². The van der Waals surface area contributed by atoms with Crippen molar-refractivity contribution < 1.29 is 0 Å². The Labute approximate surface area is 91.0 Å². The first-order valence-electron chi connectivity index (χ1n) is 5.10. The summed E-state index contributed by atoms with van der Waals surface area (Å²) >= 11 is 0. The number of hydrogen-bond acceptors (Lipinski definition) is 4. The van der Waals surface area contributed by atoms with Crippen LogP contribution in [0.2, 0.25) is 0 Å². The van der Waals surface area contributed by atoms with Crippen molar-refractivity contribution >= 4 is 17.7 Å². The molecule has 0 aliphatic rings. The Bertz CT molecular complexity index is 335. The lowest BCUT2D eigenvalue weighted by atomic mass is 10.2. The molecule has 1 aromatic rings. The van der Waals surface area contributed by atoms with E-state index in [-0.39, 0.29) is 0 Å². The standard InChI is InChI=1S/C11H18N4/c1-5-7-15(4)11-9(6-2)10(12-3)13-8-14-11/h6,8H,2,5,7H2,1,3-4H3,(H,12,13,14). The van der Waals surface area contributed by atoms with E-state index in [4.69, 9.17) is 0 Å². The molecule has 0 atom stereocenters. The van der Waals surface area contributed by atoms with Crippen molar-refractivity contribution in [1.82, 2.24) is 9.97 Å². The third-order valence-electron chi connectivity index (χ3n) is 2.22. The zero-order valence-corrected chi connectivity index (χ0v) is 9.62. The van der Waals surface area contributed by atoms with E-state index >= 15 is 0 Å². The topological polar surface area (TPSA) is 41.1 Å². The van der Waals surface area contributed by atoms with E-state index in [9.17, 15) is 0 Å². The molecular weight excluding hydrogens is 188 g/mol. The van der Waals surface area contributed by atoms with Crippen LogP contribution in [0, 0.1) is 0 Å². The molecule has 0 bridgehead atoms. The van der Waals surface area contributed by atoms with Gasteiger partial charge in [0.2, 0.25) is 0 Å². The first-order valence-corrected chi connectivity index (χ1v) is 5.10. The minimum Gasteiger partial charge on any atom is -0.372 e. The fourth-order valence-corrected chi connectivity index (χ4v) is 1.52. The van der Waals surface area contributed by atoms with E-state index in [1.807, 2.05) is 14.1 Å². The van der Waals surface area contributed by atoms with E-state index in [0.29, 0.717) is 0 Å². The van der Waals surface area contributed by atoms with Crippen molar-refractivity contribution in [3.8, 4) is 0 Å². The molecule has 0 amide bonds.